The highest BCUT2D eigenvalue weighted by Crippen LogP contribution is 2.32. The normalized spacial score (nSPS) is 15.0. The number of thiol groups is 1. The van der Waals surface area contributed by atoms with Crippen LogP contribution in [0.5, 0.6) is 11.6 Å². The number of piperazine rings is 1. The Balaban J connectivity index is 1.68. The summed E-state index contributed by atoms with van der Waals surface area (Å²) in [6, 6.07) is 6.89. The van der Waals surface area contributed by atoms with Gasteiger partial charge in [0.25, 0.3) is 5.91 Å². The first-order valence-corrected chi connectivity index (χ1v) is 10.6. The Morgan fingerprint density at radius 2 is 1.91 bits per heavy atom. The van der Waals surface area contributed by atoms with Gasteiger partial charge in [0.1, 0.15) is 0 Å². The highest BCUT2D eigenvalue weighted by atomic mass is 32.2. The van der Waals surface area contributed by atoms with E-state index in [2.05, 4.69) is 14.6 Å². The number of anilines is 1. The Bertz CT molecular complexity index is 1030. The van der Waals surface area contributed by atoms with E-state index in [4.69, 9.17) is 4.74 Å². The number of hydrogen-bond acceptors (Lipinski definition) is 7. The molecule has 0 unspecified atom stereocenters. The maximum atomic E-state index is 12.8. The van der Waals surface area contributed by atoms with Crippen LogP contribution >= 0.6 is 0 Å². The van der Waals surface area contributed by atoms with Crippen molar-refractivity contribution >= 4 is 22.5 Å². The second-order valence-corrected chi connectivity index (χ2v) is 7.61. The van der Waals surface area contributed by atoms with Crippen LogP contribution in [0.25, 0.3) is 0 Å². The van der Waals surface area contributed by atoms with Gasteiger partial charge in [-0.05, 0) is 24.3 Å². The average Bonchev–Trinajstić information content (AvgIpc) is 2.74. The molecule has 2 heterocycles. The molecular formula is C19H21F3N4O5S. The Hall–Kier alpha value is -3.06. The van der Waals surface area contributed by atoms with Gasteiger partial charge in [0, 0.05) is 50.0 Å². The number of nitrogens with one attached hydrogen (secondary N) is 1. The lowest BCUT2D eigenvalue weighted by molar-refractivity contribution is -0.274. The van der Waals surface area contributed by atoms with Gasteiger partial charge in [-0.3, -0.25) is 14.4 Å². The molecule has 1 aromatic heterocycles. The molecule has 0 saturated carbocycles. The van der Waals surface area contributed by atoms with E-state index in [-0.39, 0.29) is 5.56 Å². The van der Waals surface area contributed by atoms with Crippen LogP contribution in [0.4, 0.5) is 18.9 Å². The number of pyridine rings is 1. The minimum atomic E-state index is -5.05. The number of methoxy groups -OCH3 is 1. The van der Waals surface area contributed by atoms with Crippen molar-refractivity contribution in [3.05, 3.63) is 47.7 Å². The maximum absolute atomic E-state index is 12.8. The van der Waals surface area contributed by atoms with Gasteiger partial charge in [-0.2, -0.15) is 0 Å². The van der Waals surface area contributed by atoms with Crippen LogP contribution < -0.4 is 14.2 Å². The lowest BCUT2D eigenvalue weighted by Gasteiger charge is -2.35. The summed E-state index contributed by atoms with van der Waals surface area (Å²) in [4.78, 5) is 20.6. The number of amides is 1. The summed E-state index contributed by atoms with van der Waals surface area (Å²) in [5.41, 5.74) is 0.451. The molecule has 174 valence electrons. The van der Waals surface area contributed by atoms with E-state index < -0.39 is 34.6 Å². The van der Waals surface area contributed by atoms with Crippen molar-refractivity contribution < 1.29 is 35.9 Å². The first-order chi connectivity index (χ1) is 15.2. The number of rotatable bonds is 7. The number of alkyl halides is 3. The zero-order chi connectivity index (χ0) is 23.3. The fraction of sp³-hybridized carbons (Fsp3) is 0.368. The first-order valence-electron chi connectivity index (χ1n) is 9.46. The minimum Gasteiger partial charge on any atom is -0.481 e. The molecule has 0 radical (unpaired) electrons. The monoisotopic (exact) mass is 474 g/mol. The van der Waals surface area contributed by atoms with Gasteiger partial charge in [-0.1, -0.05) is 6.07 Å². The fourth-order valence-electron chi connectivity index (χ4n) is 3.32. The topological polar surface area (TPSA) is 101 Å². The maximum Gasteiger partial charge on any atom is 0.573 e. The van der Waals surface area contributed by atoms with E-state index in [1.54, 1.807) is 12.3 Å². The van der Waals surface area contributed by atoms with Crippen molar-refractivity contribution in [3.8, 4) is 11.6 Å². The molecule has 1 amide bonds. The quantitative estimate of drug-likeness (QED) is 0.591. The smallest absolute Gasteiger partial charge is 0.481 e. The van der Waals surface area contributed by atoms with Gasteiger partial charge < -0.3 is 14.4 Å². The van der Waals surface area contributed by atoms with Crippen LogP contribution in [0.15, 0.2) is 36.5 Å². The summed E-state index contributed by atoms with van der Waals surface area (Å²) in [7, 11) is -1.68. The molecule has 9 nitrogen and oxygen atoms in total. The van der Waals surface area contributed by atoms with Crippen molar-refractivity contribution in [2.45, 2.75) is 12.9 Å². The number of hydrogen-bond donors (Lipinski definition) is 2. The average molecular weight is 474 g/mol. The van der Waals surface area contributed by atoms with Gasteiger partial charge in [-0.15, -0.1) is 13.2 Å². The summed E-state index contributed by atoms with van der Waals surface area (Å²) in [5.74, 6) is -0.754. The molecular weight excluding hydrogens is 453 g/mol. The number of nitrogens with zero attached hydrogens (tertiary/aromatic N) is 3. The highest BCUT2D eigenvalue weighted by Gasteiger charge is 2.33. The number of benzene rings is 1. The van der Waals surface area contributed by atoms with Crippen LogP contribution in [-0.2, 0) is 17.4 Å². The van der Waals surface area contributed by atoms with E-state index in [1.165, 1.54) is 18.1 Å². The molecule has 13 heteroatoms. The number of aromatic nitrogens is 1. The Kier molecular flexibility index (Phi) is 7.40. The standard InChI is InChI=1S/C19H21F3N4O5S/c1-30-17-14(3-2-6-23-17)12-25-7-9-26(10-8-25)18(27)13-4-5-15(24-32(28)29)16(11-13)31-19(20,21)22/h2-6,11,32H,7-10,12H2,1H3,(H,24,28,29). The van der Waals surface area contributed by atoms with Crippen molar-refractivity contribution in [3.63, 3.8) is 0 Å². The van der Waals surface area contributed by atoms with Crippen LogP contribution in [0.2, 0.25) is 0 Å². The lowest BCUT2D eigenvalue weighted by atomic mass is 10.1. The molecule has 2 aromatic rings. The number of ether oxygens (including phenoxy) is 2. The van der Waals surface area contributed by atoms with Crippen molar-refractivity contribution in [1.29, 1.82) is 0 Å². The van der Waals surface area contributed by atoms with E-state index in [1.807, 2.05) is 10.8 Å². The van der Waals surface area contributed by atoms with E-state index >= 15 is 0 Å². The predicted molar refractivity (Wildman–Crippen MR) is 109 cm³/mol. The summed E-state index contributed by atoms with van der Waals surface area (Å²) < 4.78 is 70.8. The van der Waals surface area contributed by atoms with Gasteiger partial charge in [-0.25, -0.2) is 13.4 Å². The van der Waals surface area contributed by atoms with Gasteiger partial charge in [0.15, 0.2) is 5.75 Å². The van der Waals surface area contributed by atoms with Gasteiger partial charge >= 0.3 is 6.36 Å². The van der Waals surface area contributed by atoms with Crippen LogP contribution in [0, 0.1) is 0 Å². The molecule has 0 spiro atoms. The number of carbonyl (C=O) groups excluding carboxylic acids is 1. The van der Waals surface area contributed by atoms with E-state index in [0.717, 1.165) is 17.7 Å². The fourth-order valence-corrected chi connectivity index (χ4v) is 3.70. The third kappa shape index (κ3) is 6.23. The van der Waals surface area contributed by atoms with Crippen LogP contribution in [0.1, 0.15) is 15.9 Å². The summed E-state index contributed by atoms with van der Waals surface area (Å²) in [6.07, 6.45) is -3.42. The molecule has 1 N–H and O–H groups in total. The molecule has 0 bridgehead atoms. The SMILES string of the molecule is COc1ncccc1CN1CCN(C(=O)c2ccc(N[SH](=O)=O)c(OC(F)(F)F)c2)CC1. The molecule has 1 aromatic carbocycles. The minimum absolute atomic E-state index is 0.0432. The summed E-state index contributed by atoms with van der Waals surface area (Å²) >= 11 is 0. The van der Waals surface area contributed by atoms with E-state index in [0.29, 0.717) is 38.6 Å². The third-order valence-electron chi connectivity index (χ3n) is 4.76. The molecule has 1 fully saturated rings. The first kappa shape index (κ1) is 23.6. The number of halogens is 3. The Labute approximate surface area is 183 Å². The number of carbonyl (C=O) groups is 1. The molecule has 3 rings (SSSR count). The zero-order valence-electron chi connectivity index (χ0n) is 17.0. The van der Waals surface area contributed by atoms with Crippen LogP contribution in [-0.4, -0.2) is 68.8 Å². The van der Waals surface area contributed by atoms with Gasteiger partial charge in [0.2, 0.25) is 16.8 Å². The van der Waals surface area contributed by atoms with Crippen molar-refractivity contribution in [2.75, 3.05) is 38.0 Å². The molecule has 0 atom stereocenters. The second-order valence-electron chi connectivity index (χ2n) is 6.87. The lowest BCUT2D eigenvalue weighted by Crippen LogP contribution is -2.48. The Morgan fingerprint density at radius 1 is 1.19 bits per heavy atom. The summed E-state index contributed by atoms with van der Waals surface area (Å²) in [5, 5.41) is 0. The zero-order valence-corrected chi connectivity index (χ0v) is 17.9. The van der Waals surface area contributed by atoms with Crippen LogP contribution in [0.3, 0.4) is 0 Å². The Morgan fingerprint density at radius 3 is 2.53 bits per heavy atom. The molecule has 1 aliphatic rings. The predicted octanol–water partition coefficient (Wildman–Crippen LogP) is 1.89. The molecule has 32 heavy (non-hydrogen) atoms. The summed E-state index contributed by atoms with van der Waals surface area (Å²) in [6.45, 7) is 2.40. The highest BCUT2D eigenvalue weighted by molar-refractivity contribution is 7.73. The van der Waals surface area contributed by atoms with E-state index in [9.17, 15) is 26.4 Å². The van der Waals surface area contributed by atoms with Gasteiger partial charge in [0.05, 0.1) is 12.8 Å². The van der Waals surface area contributed by atoms with Crippen molar-refractivity contribution in [2.24, 2.45) is 0 Å². The second kappa shape index (κ2) is 10.0. The molecule has 1 saturated heterocycles. The third-order valence-corrected chi connectivity index (χ3v) is 5.19. The molecule has 0 aliphatic carbocycles. The van der Waals surface area contributed by atoms with Crippen molar-refractivity contribution in [1.82, 2.24) is 14.8 Å². The largest absolute Gasteiger partial charge is 0.573 e. The molecule has 1 aliphatic heterocycles.